The zero-order valence-electron chi connectivity index (χ0n) is 15.6. The molecular weight excluding hydrogens is 399 g/mol. The number of esters is 1. The standard InChI is InChI=1S/C20H19FN2O5S/c1-13(22-19-16-5-2-3-7-18(16)29(26,27)23-19)20(25)28-12-4-6-17(24)14-8-10-15(21)11-9-14/h2-3,5,7-11,13H,4,6,12H2,1H3,(H,22,23)/t13-/m1/s1. The summed E-state index contributed by atoms with van der Waals surface area (Å²) in [4.78, 5) is 28.4. The van der Waals surface area contributed by atoms with E-state index in [0.29, 0.717) is 17.5 Å². The molecule has 0 radical (unpaired) electrons. The maximum Gasteiger partial charge on any atom is 0.330 e. The topological polar surface area (TPSA) is 102 Å². The highest BCUT2D eigenvalue weighted by Gasteiger charge is 2.31. The number of hydrogen-bond donors (Lipinski definition) is 1. The highest BCUT2D eigenvalue weighted by Crippen LogP contribution is 2.22. The Morgan fingerprint density at radius 3 is 2.55 bits per heavy atom. The lowest BCUT2D eigenvalue weighted by atomic mass is 10.1. The lowest BCUT2D eigenvalue weighted by Gasteiger charge is -2.09. The Balaban J connectivity index is 1.52. The average Bonchev–Trinajstić information content (AvgIpc) is 2.95. The van der Waals surface area contributed by atoms with Crippen molar-refractivity contribution in [3.8, 4) is 0 Å². The monoisotopic (exact) mass is 418 g/mol. The maximum absolute atomic E-state index is 12.9. The molecular formula is C20H19FN2O5S. The Labute approximate surface area is 167 Å². The van der Waals surface area contributed by atoms with Gasteiger partial charge >= 0.3 is 5.97 Å². The highest BCUT2D eigenvalue weighted by atomic mass is 32.2. The third-order valence-corrected chi connectivity index (χ3v) is 5.68. The summed E-state index contributed by atoms with van der Waals surface area (Å²) in [6.07, 6.45) is 0.454. The van der Waals surface area contributed by atoms with Crippen LogP contribution in [0.4, 0.5) is 4.39 Å². The summed E-state index contributed by atoms with van der Waals surface area (Å²) in [7, 11) is -3.68. The van der Waals surface area contributed by atoms with E-state index < -0.39 is 27.9 Å². The normalized spacial score (nSPS) is 16.7. The third kappa shape index (κ3) is 4.86. The van der Waals surface area contributed by atoms with Crippen LogP contribution in [0.25, 0.3) is 0 Å². The molecule has 7 nitrogen and oxygen atoms in total. The van der Waals surface area contributed by atoms with Crippen LogP contribution >= 0.6 is 0 Å². The van der Waals surface area contributed by atoms with Crippen LogP contribution in [0.1, 0.15) is 35.7 Å². The minimum Gasteiger partial charge on any atom is -0.464 e. The number of halogens is 1. The van der Waals surface area contributed by atoms with Crippen molar-refractivity contribution in [1.82, 2.24) is 4.72 Å². The molecule has 0 saturated carbocycles. The van der Waals surface area contributed by atoms with Gasteiger partial charge in [-0.15, -0.1) is 0 Å². The van der Waals surface area contributed by atoms with Gasteiger partial charge < -0.3 is 4.74 Å². The van der Waals surface area contributed by atoms with Gasteiger partial charge in [-0.2, -0.15) is 0 Å². The number of nitrogens with one attached hydrogen (secondary N) is 1. The molecule has 0 aromatic heterocycles. The van der Waals surface area contributed by atoms with Crippen molar-refractivity contribution in [3.63, 3.8) is 0 Å². The van der Waals surface area contributed by atoms with E-state index in [2.05, 4.69) is 9.71 Å². The number of carbonyl (C=O) groups excluding carboxylic acids is 2. The number of sulfonamides is 1. The molecule has 0 fully saturated rings. The predicted octanol–water partition coefficient (Wildman–Crippen LogP) is 2.46. The van der Waals surface area contributed by atoms with Crippen molar-refractivity contribution in [1.29, 1.82) is 0 Å². The zero-order chi connectivity index (χ0) is 21.0. The Morgan fingerprint density at radius 1 is 1.14 bits per heavy atom. The predicted molar refractivity (Wildman–Crippen MR) is 104 cm³/mol. The molecule has 1 heterocycles. The van der Waals surface area contributed by atoms with Crippen LogP contribution in [-0.2, 0) is 19.6 Å². The van der Waals surface area contributed by atoms with Crippen LogP contribution in [0.5, 0.6) is 0 Å². The van der Waals surface area contributed by atoms with Gasteiger partial charge in [-0.25, -0.2) is 17.6 Å². The molecule has 2 aromatic carbocycles. The molecule has 0 bridgehead atoms. The minimum atomic E-state index is -3.68. The molecule has 1 atom stereocenters. The molecule has 1 aliphatic rings. The summed E-state index contributed by atoms with van der Waals surface area (Å²) in [5.41, 5.74) is 0.793. The van der Waals surface area contributed by atoms with Crippen LogP contribution < -0.4 is 4.72 Å². The summed E-state index contributed by atoms with van der Waals surface area (Å²) in [6.45, 7) is 1.51. The smallest absolute Gasteiger partial charge is 0.330 e. The van der Waals surface area contributed by atoms with Crippen molar-refractivity contribution >= 4 is 27.6 Å². The molecule has 1 N–H and O–H groups in total. The Bertz CT molecular complexity index is 1060. The van der Waals surface area contributed by atoms with E-state index in [9.17, 15) is 22.4 Å². The zero-order valence-corrected chi connectivity index (χ0v) is 16.4. The van der Waals surface area contributed by atoms with E-state index in [4.69, 9.17) is 4.74 Å². The van der Waals surface area contributed by atoms with Crippen LogP contribution in [0.2, 0.25) is 0 Å². The lowest BCUT2D eigenvalue weighted by Crippen LogP contribution is -2.27. The second-order valence-corrected chi connectivity index (χ2v) is 8.11. The number of Topliss-reactive ketones (excluding diaryl/α,β-unsaturated/α-hetero) is 1. The van der Waals surface area contributed by atoms with Crippen LogP contribution in [0.3, 0.4) is 0 Å². The second-order valence-electron chi connectivity index (χ2n) is 6.46. The Kier molecular flexibility index (Phi) is 6.07. The molecule has 0 saturated heterocycles. The van der Waals surface area contributed by atoms with Crippen molar-refractivity contribution in [3.05, 3.63) is 65.5 Å². The third-order valence-electron chi connectivity index (χ3n) is 4.29. The number of fused-ring (bicyclic) bond motifs is 1. The molecule has 9 heteroatoms. The summed E-state index contributed by atoms with van der Waals surface area (Å²) in [5, 5.41) is 0. The van der Waals surface area contributed by atoms with Crippen LogP contribution in [0.15, 0.2) is 58.4 Å². The Hall–Kier alpha value is -3.07. The molecule has 3 rings (SSSR count). The largest absolute Gasteiger partial charge is 0.464 e. The first kappa shape index (κ1) is 20.7. The van der Waals surface area contributed by atoms with Crippen molar-refractivity contribution in [2.75, 3.05) is 6.61 Å². The fourth-order valence-corrected chi connectivity index (χ4v) is 4.02. The fraction of sp³-hybridized carbons (Fsp3) is 0.250. The molecule has 0 unspecified atom stereocenters. The SMILES string of the molecule is C[C@@H](N=C1NS(=O)(=O)c2ccccc21)C(=O)OCCCC(=O)c1ccc(F)cc1. The van der Waals surface area contributed by atoms with Gasteiger partial charge in [0.25, 0.3) is 10.0 Å². The van der Waals surface area contributed by atoms with Gasteiger partial charge in [0.05, 0.1) is 11.5 Å². The minimum absolute atomic E-state index is 0.0171. The number of amidine groups is 1. The fourth-order valence-electron chi connectivity index (χ4n) is 2.78. The van der Waals surface area contributed by atoms with E-state index in [-0.39, 0.29) is 29.5 Å². The summed E-state index contributed by atoms with van der Waals surface area (Å²) in [5.74, 6) is -1.13. The van der Waals surface area contributed by atoms with Crippen LogP contribution in [0, 0.1) is 5.82 Å². The van der Waals surface area contributed by atoms with Gasteiger partial charge in [0, 0.05) is 17.5 Å². The Morgan fingerprint density at radius 2 is 1.83 bits per heavy atom. The summed E-state index contributed by atoms with van der Waals surface area (Å²) in [6, 6.07) is 10.7. The van der Waals surface area contributed by atoms with Crippen molar-refractivity contribution < 1.29 is 27.1 Å². The number of benzene rings is 2. The average molecular weight is 418 g/mol. The summed E-state index contributed by atoms with van der Waals surface area (Å²) >= 11 is 0. The van der Waals surface area contributed by atoms with E-state index in [1.807, 2.05) is 0 Å². The molecule has 0 amide bonds. The highest BCUT2D eigenvalue weighted by molar-refractivity contribution is 7.90. The number of nitrogens with zero attached hydrogens (tertiary/aromatic N) is 1. The van der Waals surface area contributed by atoms with E-state index in [1.54, 1.807) is 18.2 Å². The number of rotatable bonds is 7. The van der Waals surface area contributed by atoms with Crippen LogP contribution in [-0.4, -0.2) is 38.7 Å². The molecule has 152 valence electrons. The van der Waals surface area contributed by atoms with Gasteiger partial charge in [0.1, 0.15) is 17.7 Å². The first-order valence-corrected chi connectivity index (χ1v) is 10.4. The molecule has 1 aliphatic heterocycles. The van der Waals surface area contributed by atoms with E-state index >= 15 is 0 Å². The van der Waals surface area contributed by atoms with Crippen molar-refractivity contribution in [2.45, 2.75) is 30.7 Å². The van der Waals surface area contributed by atoms with Gasteiger partial charge in [-0.1, -0.05) is 12.1 Å². The first-order valence-electron chi connectivity index (χ1n) is 8.93. The molecule has 0 aliphatic carbocycles. The number of hydrogen-bond acceptors (Lipinski definition) is 6. The number of carbonyl (C=O) groups is 2. The van der Waals surface area contributed by atoms with Gasteiger partial charge in [-0.3, -0.25) is 14.5 Å². The van der Waals surface area contributed by atoms with Gasteiger partial charge in [0.15, 0.2) is 5.78 Å². The van der Waals surface area contributed by atoms with Gasteiger partial charge in [0.2, 0.25) is 0 Å². The number of aliphatic imine (C=N–C) groups is 1. The summed E-state index contributed by atoms with van der Waals surface area (Å²) < 4.78 is 44.5. The molecule has 29 heavy (non-hydrogen) atoms. The van der Waals surface area contributed by atoms with Crippen molar-refractivity contribution in [2.24, 2.45) is 4.99 Å². The number of ketones is 1. The molecule has 0 spiro atoms. The second kappa shape index (κ2) is 8.52. The number of ether oxygens (including phenoxy) is 1. The molecule has 2 aromatic rings. The first-order chi connectivity index (χ1) is 13.8. The van der Waals surface area contributed by atoms with E-state index in [1.165, 1.54) is 37.3 Å². The quantitative estimate of drug-likeness (QED) is 0.423. The maximum atomic E-state index is 12.9. The van der Waals surface area contributed by atoms with E-state index in [0.717, 1.165) is 0 Å². The van der Waals surface area contributed by atoms with Gasteiger partial charge in [-0.05, 0) is 49.7 Å². The lowest BCUT2D eigenvalue weighted by molar-refractivity contribution is -0.144.